The summed E-state index contributed by atoms with van der Waals surface area (Å²) in [6.07, 6.45) is 6.12. The van der Waals surface area contributed by atoms with Crippen molar-refractivity contribution < 1.29 is 27.2 Å². The number of aromatic nitrogens is 1. The maximum Gasteiger partial charge on any atom is 0.416 e. The number of rotatable bonds is 7. The van der Waals surface area contributed by atoms with Gasteiger partial charge in [0.2, 0.25) is 11.8 Å². The van der Waals surface area contributed by atoms with E-state index in [1.165, 1.54) is 30.2 Å². The van der Waals surface area contributed by atoms with Crippen LogP contribution in [0.25, 0.3) is 11.1 Å². The predicted octanol–water partition coefficient (Wildman–Crippen LogP) is 5.74. The molecule has 3 saturated carbocycles. The monoisotopic (exact) mass is 565 g/mol. The Morgan fingerprint density at radius 2 is 1.68 bits per heavy atom. The van der Waals surface area contributed by atoms with Crippen molar-refractivity contribution in [1.82, 2.24) is 20.5 Å². The highest BCUT2D eigenvalue weighted by atomic mass is 19.4. The fraction of sp³-hybridized carbons (Fsp3) is 0.690. The number of hydrogen-bond donors (Lipinski definition) is 3. The lowest BCUT2D eigenvalue weighted by molar-refractivity contribution is -0.137. The average molecular weight is 566 g/mol. The minimum absolute atomic E-state index is 0.0346. The highest BCUT2D eigenvalue weighted by Crippen LogP contribution is 2.32. The zero-order valence-electron chi connectivity index (χ0n) is 23.4. The van der Waals surface area contributed by atoms with Gasteiger partial charge in [-0.3, -0.25) is 4.79 Å². The van der Waals surface area contributed by atoms with E-state index in [-0.39, 0.29) is 53.5 Å². The van der Waals surface area contributed by atoms with Crippen molar-refractivity contribution in [3.8, 4) is 0 Å². The molecule has 3 aliphatic carbocycles. The minimum Gasteiger partial charge on any atom is -0.439 e. The number of nitrogens with zero attached hydrogens (tertiary/aromatic N) is 2. The minimum atomic E-state index is -4.47. The van der Waals surface area contributed by atoms with Gasteiger partial charge in [0.15, 0.2) is 5.58 Å². The zero-order chi connectivity index (χ0) is 28.9. The van der Waals surface area contributed by atoms with Crippen LogP contribution in [0.3, 0.4) is 0 Å². The molecular formula is C29H42F3N5O3. The van der Waals surface area contributed by atoms with Gasteiger partial charge >= 0.3 is 12.2 Å². The van der Waals surface area contributed by atoms with Gasteiger partial charge in [-0.15, -0.1) is 0 Å². The quantitative estimate of drug-likeness (QED) is 0.396. The summed E-state index contributed by atoms with van der Waals surface area (Å²) < 4.78 is 44.4. The number of alkyl halides is 3. The van der Waals surface area contributed by atoms with Crippen molar-refractivity contribution in [1.29, 1.82) is 0 Å². The third kappa shape index (κ3) is 7.89. The molecule has 1 atom stereocenters. The number of hydrogen-bond acceptors (Lipinski definition) is 5. The third-order valence-corrected chi connectivity index (χ3v) is 8.51. The molecule has 1 aromatic heterocycles. The molecule has 1 aromatic carbocycles. The standard InChI is InChI=1S/C24H32F3N5O3.C5H10/c1-2-32(13-20-31-18-12-15(24(25,26)27)8-11-19(18)35-20)23(34)30-17-9-6-14(7-10-17)21(28)22(33)29-16-4-3-5-16;1-5-3-2-4-5/h8,11-12,14,16-17,21H,2-7,9-10,13,28H2,1H3,(H,29,33)(H,30,34);5H,2-4H2,1H3/t14?,17?,21-;/m0./s1. The summed E-state index contributed by atoms with van der Waals surface area (Å²) in [5, 5.41) is 6.03. The molecule has 0 saturated heterocycles. The predicted molar refractivity (Wildman–Crippen MR) is 146 cm³/mol. The summed E-state index contributed by atoms with van der Waals surface area (Å²) in [4.78, 5) is 30.8. The van der Waals surface area contributed by atoms with Gasteiger partial charge in [0, 0.05) is 18.6 Å². The number of benzene rings is 1. The molecule has 4 N–H and O–H groups in total. The van der Waals surface area contributed by atoms with Crippen LogP contribution in [0.5, 0.6) is 0 Å². The number of carbonyl (C=O) groups excluding carboxylic acids is 2. The summed E-state index contributed by atoms with van der Waals surface area (Å²) in [6.45, 7) is 4.53. The van der Waals surface area contributed by atoms with Crippen molar-refractivity contribution in [2.24, 2.45) is 17.6 Å². The number of fused-ring (bicyclic) bond motifs is 1. The van der Waals surface area contributed by atoms with Crippen LogP contribution in [0.2, 0.25) is 0 Å². The summed E-state index contributed by atoms with van der Waals surface area (Å²) in [6, 6.07) is 2.53. The van der Waals surface area contributed by atoms with E-state index in [1.807, 2.05) is 0 Å². The van der Waals surface area contributed by atoms with Crippen LogP contribution in [-0.4, -0.2) is 46.5 Å². The Morgan fingerprint density at radius 3 is 2.20 bits per heavy atom. The van der Waals surface area contributed by atoms with Crippen molar-refractivity contribution in [2.45, 2.75) is 109 Å². The molecule has 40 heavy (non-hydrogen) atoms. The first-order valence-electron chi connectivity index (χ1n) is 14.6. The number of amides is 3. The Balaban J connectivity index is 0.000000666. The maximum atomic E-state index is 12.9. The molecule has 11 heteroatoms. The molecule has 3 aliphatic rings. The molecule has 5 rings (SSSR count). The van der Waals surface area contributed by atoms with E-state index in [4.69, 9.17) is 10.2 Å². The fourth-order valence-corrected chi connectivity index (χ4v) is 5.27. The van der Waals surface area contributed by atoms with Crippen LogP contribution in [0.15, 0.2) is 22.6 Å². The summed E-state index contributed by atoms with van der Waals surface area (Å²) >= 11 is 0. The molecular weight excluding hydrogens is 523 g/mol. The van der Waals surface area contributed by atoms with Crippen molar-refractivity contribution in [3.63, 3.8) is 0 Å². The SMILES string of the molecule is CC1CCC1.CCN(Cc1nc2cc(C(F)(F)F)ccc2o1)C(=O)NC1CCC([C@H](N)C(=O)NC2CCC2)CC1. The fourth-order valence-electron chi connectivity index (χ4n) is 5.27. The second-order valence-electron chi connectivity index (χ2n) is 11.6. The molecule has 3 amide bonds. The van der Waals surface area contributed by atoms with Crippen molar-refractivity contribution in [2.75, 3.05) is 6.54 Å². The number of oxazole rings is 1. The van der Waals surface area contributed by atoms with Gasteiger partial charge in [0.1, 0.15) is 5.52 Å². The smallest absolute Gasteiger partial charge is 0.416 e. The van der Waals surface area contributed by atoms with E-state index in [2.05, 4.69) is 22.5 Å². The van der Waals surface area contributed by atoms with Gasteiger partial charge in [-0.2, -0.15) is 13.2 Å². The molecule has 0 radical (unpaired) electrons. The Labute approximate surface area is 233 Å². The number of urea groups is 1. The second-order valence-corrected chi connectivity index (χ2v) is 11.6. The maximum absolute atomic E-state index is 12.9. The lowest BCUT2D eigenvalue weighted by Gasteiger charge is -2.34. The largest absolute Gasteiger partial charge is 0.439 e. The topological polar surface area (TPSA) is 113 Å². The first-order chi connectivity index (χ1) is 19.0. The molecule has 0 bridgehead atoms. The first kappa shape index (κ1) is 30.1. The number of carbonyl (C=O) groups is 2. The van der Waals surface area contributed by atoms with Crippen LogP contribution < -0.4 is 16.4 Å². The van der Waals surface area contributed by atoms with Gasteiger partial charge in [-0.1, -0.05) is 26.2 Å². The average Bonchev–Trinajstić information content (AvgIpc) is 3.29. The van der Waals surface area contributed by atoms with Gasteiger partial charge in [-0.25, -0.2) is 9.78 Å². The highest BCUT2D eigenvalue weighted by Gasteiger charge is 2.33. The molecule has 0 aliphatic heterocycles. The van der Waals surface area contributed by atoms with E-state index in [0.29, 0.717) is 6.54 Å². The Kier molecular flexibility index (Phi) is 9.97. The molecule has 0 spiro atoms. The van der Waals surface area contributed by atoms with E-state index >= 15 is 0 Å². The lowest BCUT2D eigenvalue weighted by atomic mass is 9.81. The van der Waals surface area contributed by atoms with Crippen LogP contribution in [-0.2, 0) is 17.5 Å². The molecule has 2 aromatic rings. The Bertz CT molecular complexity index is 1140. The normalized spacial score (nSPS) is 22.4. The van der Waals surface area contributed by atoms with Gasteiger partial charge in [0.25, 0.3) is 0 Å². The van der Waals surface area contributed by atoms with Crippen molar-refractivity contribution in [3.05, 3.63) is 29.7 Å². The highest BCUT2D eigenvalue weighted by molar-refractivity contribution is 5.82. The third-order valence-electron chi connectivity index (χ3n) is 8.51. The van der Waals surface area contributed by atoms with E-state index in [0.717, 1.165) is 63.0 Å². The Hall–Kier alpha value is -2.82. The van der Waals surface area contributed by atoms with Gasteiger partial charge < -0.3 is 25.7 Å². The number of nitrogens with two attached hydrogens (primary N) is 1. The molecule has 1 heterocycles. The van der Waals surface area contributed by atoms with Crippen LogP contribution in [0.4, 0.5) is 18.0 Å². The van der Waals surface area contributed by atoms with Crippen molar-refractivity contribution >= 4 is 23.0 Å². The second kappa shape index (κ2) is 13.2. The van der Waals surface area contributed by atoms with Gasteiger partial charge in [-0.05, 0) is 81.9 Å². The summed E-state index contributed by atoms with van der Waals surface area (Å²) in [5.74, 6) is 1.24. The van der Waals surface area contributed by atoms with Crippen LogP contribution >= 0.6 is 0 Å². The summed E-state index contributed by atoms with van der Waals surface area (Å²) in [7, 11) is 0. The Morgan fingerprint density at radius 1 is 1.05 bits per heavy atom. The lowest BCUT2D eigenvalue weighted by Crippen LogP contribution is -2.52. The number of nitrogens with one attached hydrogen (secondary N) is 2. The van der Waals surface area contributed by atoms with E-state index < -0.39 is 17.8 Å². The van der Waals surface area contributed by atoms with Gasteiger partial charge in [0.05, 0.1) is 18.2 Å². The van der Waals surface area contributed by atoms with Crippen LogP contribution in [0.1, 0.15) is 89.5 Å². The van der Waals surface area contributed by atoms with Crippen LogP contribution in [0, 0.1) is 11.8 Å². The first-order valence-corrected chi connectivity index (χ1v) is 14.6. The van der Waals surface area contributed by atoms with E-state index in [1.54, 1.807) is 6.92 Å². The van der Waals surface area contributed by atoms with E-state index in [9.17, 15) is 22.8 Å². The molecule has 3 fully saturated rings. The zero-order valence-corrected chi connectivity index (χ0v) is 23.4. The summed E-state index contributed by atoms with van der Waals surface area (Å²) in [5.41, 5.74) is 5.73. The number of halogens is 3. The molecule has 0 unspecified atom stereocenters. The molecule has 222 valence electrons. The molecule has 8 nitrogen and oxygen atoms in total.